The number of ketones is 1. The number of sulfonamides is 1. The summed E-state index contributed by atoms with van der Waals surface area (Å²) in [6.07, 6.45) is 1.15. The molecule has 0 saturated heterocycles. The molecule has 4 nitrogen and oxygen atoms in total. The summed E-state index contributed by atoms with van der Waals surface area (Å²) in [5.74, 6) is 0.0865. The van der Waals surface area contributed by atoms with Crippen LogP contribution in [0.25, 0.3) is 0 Å². The van der Waals surface area contributed by atoms with Gasteiger partial charge in [0.05, 0.1) is 11.4 Å². The molecule has 3 rings (SSSR count). The minimum Gasteiger partial charge on any atom is -0.295 e. The molecule has 2 aromatic rings. The zero-order valence-electron chi connectivity index (χ0n) is 13.0. The highest BCUT2D eigenvalue weighted by atomic mass is 32.2. The van der Waals surface area contributed by atoms with Crippen LogP contribution in [0.2, 0.25) is 0 Å². The Kier molecular flexibility index (Phi) is 4.22. The zero-order chi connectivity index (χ0) is 16.4. The van der Waals surface area contributed by atoms with Gasteiger partial charge in [-0.05, 0) is 49.1 Å². The first-order valence-corrected chi connectivity index (χ1v) is 9.26. The van der Waals surface area contributed by atoms with Crippen LogP contribution in [-0.2, 0) is 22.9 Å². The van der Waals surface area contributed by atoms with Crippen molar-refractivity contribution >= 4 is 21.5 Å². The van der Waals surface area contributed by atoms with Crippen molar-refractivity contribution in [3.05, 3.63) is 65.2 Å². The molecule has 0 aromatic heterocycles. The van der Waals surface area contributed by atoms with E-state index in [0.717, 1.165) is 11.1 Å². The maximum Gasteiger partial charge on any atom is 0.235 e. The normalized spacial score (nSPS) is 13.9. The third-order valence-electron chi connectivity index (χ3n) is 4.17. The number of Topliss-reactive ketones (excluding diaryl/α,β-unsaturated/α-hetero) is 1. The van der Waals surface area contributed by atoms with E-state index in [1.54, 1.807) is 12.1 Å². The zero-order valence-corrected chi connectivity index (χ0v) is 13.8. The van der Waals surface area contributed by atoms with Gasteiger partial charge in [0.1, 0.15) is 0 Å². The lowest BCUT2D eigenvalue weighted by atomic mass is 10.1. The van der Waals surface area contributed by atoms with Gasteiger partial charge in [-0.15, -0.1) is 0 Å². The summed E-state index contributed by atoms with van der Waals surface area (Å²) in [7, 11) is -3.36. The second kappa shape index (κ2) is 6.16. The van der Waals surface area contributed by atoms with Gasteiger partial charge in [-0.1, -0.05) is 30.3 Å². The first kappa shape index (κ1) is 15.7. The minimum absolute atomic E-state index is 0.00168. The average Bonchev–Trinajstić information content (AvgIpc) is 2.98. The van der Waals surface area contributed by atoms with Gasteiger partial charge in [-0.3, -0.25) is 9.10 Å². The summed E-state index contributed by atoms with van der Waals surface area (Å²) in [6.45, 7) is 1.97. The maximum atomic E-state index is 12.6. The van der Waals surface area contributed by atoms with E-state index in [0.29, 0.717) is 30.6 Å². The summed E-state index contributed by atoms with van der Waals surface area (Å²) in [4.78, 5) is 11.5. The molecule has 0 amide bonds. The molecular formula is C18H19NO3S. The third-order valence-corrected chi connectivity index (χ3v) is 5.94. The Hall–Kier alpha value is -2.14. The van der Waals surface area contributed by atoms with Gasteiger partial charge in [0.15, 0.2) is 5.78 Å². The van der Waals surface area contributed by atoms with Crippen molar-refractivity contribution in [1.82, 2.24) is 0 Å². The Morgan fingerprint density at radius 3 is 2.57 bits per heavy atom. The van der Waals surface area contributed by atoms with Crippen LogP contribution in [0, 0.1) is 0 Å². The van der Waals surface area contributed by atoms with E-state index >= 15 is 0 Å². The molecule has 0 N–H and O–H groups in total. The summed E-state index contributed by atoms with van der Waals surface area (Å²) in [6, 6.07) is 14.9. The highest BCUT2D eigenvalue weighted by Gasteiger charge is 2.29. The molecule has 0 radical (unpaired) electrons. The van der Waals surface area contributed by atoms with Gasteiger partial charge in [-0.25, -0.2) is 8.42 Å². The SMILES string of the molecule is CC(=O)c1ccc2c(c1)CCN2S(=O)(=O)CCc1ccccc1. The van der Waals surface area contributed by atoms with E-state index in [2.05, 4.69) is 0 Å². The highest BCUT2D eigenvalue weighted by Crippen LogP contribution is 2.31. The number of carbonyl (C=O) groups excluding carboxylic acids is 1. The van der Waals surface area contributed by atoms with Crippen molar-refractivity contribution in [2.45, 2.75) is 19.8 Å². The van der Waals surface area contributed by atoms with Gasteiger partial charge < -0.3 is 0 Å². The van der Waals surface area contributed by atoms with Gasteiger partial charge >= 0.3 is 0 Å². The average molecular weight is 329 g/mol. The molecule has 1 aliphatic rings. The van der Waals surface area contributed by atoms with E-state index in [4.69, 9.17) is 0 Å². The summed E-state index contributed by atoms with van der Waals surface area (Å²) < 4.78 is 26.8. The van der Waals surface area contributed by atoms with E-state index in [-0.39, 0.29) is 11.5 Å². The van der Waals surface area contributed by atoms with Crippen molar-refractivity contribution in [2.75, 3.05) is 16.6 Å². The number of carbonyl (C=O) groups is 1. The van der Waals surface area contributed by atoms with Crippen LogP contribution >= 0.6 is 0 Å². The molecule has 0 aliphatic carbocycles. The monoisotopic (exact) mass is 329 g/mol. The molecule has 2 aromatic carbocycles. The fraction of sp³-hybridized carbons (Fsp3) is 0.278. The van der Waals surface area contributed by atoms with Crippen LogP contribution in [0.15, 0.2) is 48.5 Å². The molecule has 0 unspecified atom stereocenters. The number of benzene rings is 2. The van der Waals surface area contributed by atoms with Crippen molar-refractivity contribution in [3.8, 4) is 0 Å². The lowest BCUT2D eigenvalue weighted by Crippen LogP contribution is -2.32. The molecule has 0 bridgehead atoms. The predicted molar refractivity (Wildman–Crippen MR) is 91.4 cm³/mol. The van der Waals surface area contributed by atoms with Crippen molar-refractivity contribution in [3.63, 3.8) is 0 Å². The van der Waals surface area contributed by atoms with Gasteiger partial charge in [0.2, 0.25) is 10.0 Å². The molecule has 5 heteroatoms. The lowest BCUT2D eigenvalue weighted by Gasteiger charge is -2.19. The molecule has 0 fully saturated rings. The fourth-order valence-corrected chi connectivity index (χ4v) is 4.44. The van der Waals surface area contributed by atoms with Gasteiger partial charge in [-0.2, -0.15) is 0 Å². The van der Waals surface area contributed by atoms with Crippen LogP contribution in [-0.4, -0.2) is 26.5 Å². The largest absolute Gasteiger partial charge is 0.295 e. The first-order chi connectivity index (χ1) is 11.0. The predicted octanol–water partition coefficient (Wildman–Crippen LogP) is 2.82. The Labute approximate surface area is 136 Å². The van der Waals surface area contributed by atoms with Crippen molar-refractivity contribution in [1.29, 1.82) is 0 Å². The molecule has 0 spiro atoms. The van der Waals surface area contributed by atoms with E-state index in [1.165, 1.54) is 11.2 Å². The molecule has 0 atom stereocenters. The number of hydrogen-bond acceptors (Lipinski definition) is 3. The van der Waals surface area contributed by atoms with Crippen LogP contribution in [0.5, 0.6) is 0 Å². The molecule has 1 heterocycles. The van der Waals surface area contributed by atoms with Crippen LogP contribution < -0.4 is 4.31 Å². The van der Waals surface area contributed by atoms with E-state index < -0.39 is 10.0 Å². The summed E-state index contributed by atoms with van der Waals surface area (Å²) in [5.41, 5.74) is 3.29. The molecule has 1 aliphatic heterocycles. The maximum absolute atomic E-state index is 12.6. The van der Waals surface area contributed by atoms with Crippen molar-refractivity contribution < 1.29 is 13.2 Å². The number of rotatable bonds is 5. The number of aryl methyl sites for hydroxylation is 1. The number of fused-ring (bicyclic) bond motifs is 1. The van der Waals surface area contributed by atoms with E-state index in [1.807, 2.05) is 36.4 Å². The topological polar surface area (TPSA) is 54.5 Å². The molecule has 23 heavy (non-hydrogen) atoms. The molecular weight excluding hydrogens is 310 g/mol. The molecule has 0 saturated carbocycles. The Balaban J connectivity index is 1.79. The molecule has 120 valence electrons. The highest BCUT2D eigenvalue weighted by molar-refractivity contribution is 7.92. The minimum atomic E-state index is -3.36. The smallest absolute Gasteiger partial charge is 0.235 e. The fourth-order valence-electron chi connectivity index (χ4n) is 2.88. The lowest BCUT2D eigenvalue weighted by molar-refractivity contribution is 0.101. The Morgan fingerprint density at radius 2 is 1.87 bits per heavy atom. The van der Waals surface area contributed by atoms with Crippen LogP contribution in [0.1, 0.15) is 28.4 Å². The second-order valence-corrected chi connectivity index (χ2v) is 7.79. The van der Waals surface area contributed by atoms with Gasteiger partial charge in [0.25, 0.3) is 0 Å². The number of hydrogen-bond donors (Lipinski definition) is 0. The standard InChI is InChI=1S/C18H19NO3S/c1-14(20)16-7-8-18-17(13-16)9-11-19(18)23(21,22)12-10-15-5-3-2-4-6-15/h2-8,13H,9-12H2,1H3. The van der Waals surface area contributed by atoms with E-state index in [9.17, 15) is 13.2 Å². The summed E-state index contributed by atoms with van der Waals surface area (Å²) >= 11 is 0. The van der Waals surface area contributed by atoms with Crippen LogP contribution in [0.4, 0.5) is 5.69 Å². The number of nitrogens with zero attached hydrogens (tertiary/aromatic N) is 1. The second-order valence-electron chi connectivity index (χ2n) is 5.77. The van der Waals surface area contributed by atoms with Gasteiger partial charge in [0, 0.05) is 12.1 Å². The Bertz CT molecular complexity index is 829. The summed E-state index contributed by atoms with van der Waals surface area (Å²) in [5, 5.41) is 0. The van der Waals surface area contributed by atoms with Crippen LogP contribution in [0.3, 0.4) is 0 Å². The van der Waals surface area contributed by atoms with Crippen molar-refractivity contribution in [2.24, 2.45) is 0 Å². The quantitative estimate of drug-likeness (QED) is 0.793. The first-order valence-electron chi connectivity index (χ1n) is 7.65. The number of anilines is 1. The Morgan fingerprint density at radius 1 is 1.13 bits per heavy atom. The third kappa shape index (κ3) is 3.29.